The van der Waals surface area contributed by atoms with Gasteiger partial charge in [-0.15, -0.1) is 23.2 Å². The molecule has 0 fully saturated rings. The molecule has 0 heterocycles. The zero-order valence-electron chi connectivity index (χ0n) is 9.88. The Morgan fingerprint density at radius 3 is 1.62 bits per heavy atom. The normalized spacial score (nSPS) is 14.2. The molecule has 5 heteroatoms. The Hall–Kier alpha value is -0.150. The maximum absolute atomic E-state index is 11.4. The van der Waals surface area contributed by atoms with Gasteiger partial charge in [0.15, 0.2) is 0 Å². The number of ether oxygens (including phenoxy) is 2. The van der Waals surface area contributed by atoms with Crippen LogP contribution in [0.3, 0.4) is 0 Å². The molecule has 0 radical (unpaired) electrons. The standard InChI is InChI=1S/C11H20Cl2O3/c1-3-5-9(7-12)15-11(14)16-10(8-13)6-4-2/h9-10H,3-8H2,1-2H3. The van der Waals surface area contributed by atoms with Crippen molar-refractivity contribution in [3.63, 3.8) is 0 Å². The second-order valence-electron chi connectivity index (χ2n) is 3.62. The van der Waals surface area contributed by atoms with E-state index in [-0.39, 0.29) is 12.2 Å². The molecule has 2 unspecified atom stereocenters. The summed E-state index contributed by atoms with van der Waals surface area (Å²) in [6, 6.07) is 0. The second kappa shape index (κ2) is 10.0. The van der Waals surface area contributed by atoms with Crippen LogP contribution in [0.2, 0.25) is 0 Å². The number of carbonyl (C=O) groups excluding carboxylic acids is 1. The lowest BCUT2D eigenvalue weighted by atomic mass is 10.2. The SMILES string of the molecule is CCCC(CCl)OC(=O)OC(CCl)CCC. The number of hydrogen-bond acceptors (Lipinski definition) is 3. The predicted octanol–water partition coefficient (Wildman–Crippen LogP) is 3.95. The minimum absolute atomic E-state index is 0.267. The molecule has 0 spiro atoms. The van der Waals surface area contributed by atoms with Gasteiger partial charge < -0.3 is 9.47 Å². The molecule has 0 rings (SSSR count). The summed E-state index contributed by atoms with van der Waals surface area (Å²) in [7, 11) is 0. The van der Waals surface area contributed by atoms with Crippen molar-refractivity contribution in [3.8, 4) is 0 Å². The van der Waals surface area contributed by atoms with E-state index in [1.54, 1.807) is 0 Å². The van der Waals surface area contributed by atoms with Gasteiger partial charge in [-0.2, -0.15) is 0 Å². The zero-order valence-corrected chi connectivity index (χ0v) is 11.4. The van der Waals surface area contributed by atoms with Crippen LogP contribution in [0.15, 0.2) is 0 Å². The lowest BCUT2D eigenvalue weighted by Crippen LogP contribution is -2.25. The van der Waals surface area contributed by atoms with Crippen LogP contribution in [0.4, 0.5) is 4.79 Å². The fraction of sp³-hybridized carbons (Fsp3) is 0.909. The van der Waals surface area contributed by atoms with Crippen LogP contribution in [0, 0.1) is 0 Å². The molecule has 0 aliphatic carbocycles. The molecule has 16 heavy (non-hydrogen) atoms. The van der Waals surface area contributed by atoms with E-state index in [2.05, 4.69) is 0 Å². The first-order chi connectivity index (χ1) is 7.67. The van der Waals surface area contributed by atoms with E-state index < -0.39 is 6.16 Å². The minimum Gasteiger partial charge on any atom is -0.430 e. The highest BCUT2D eigenvalue weighted by molar-refractivity contribution is 6.18. The van der Waals surface area contributed by atoms with Gasteiger partial charge in [-0.1, -0.05) is 26.7 Å². The second-order valence-corrected chi connectivity index (χ2v) is 4.23. The van der Waals surface area contributed by atoms with E-state index in [0.717, 1.165) is 25.7 Å². The highest BCUT2D eigenvalue weighted by atomic mass is 35.5. The summed E-state index contributed by atoms with van der Waals surface area (Å²) in [5, 5.41) is 0. The smallest absolute Gasteiger partial charge is 0.430 e. The highest BCUT2D eigenvalue weighted by Gasteiger charge is 2.17. The fourth-order valence-electron chi connectivity index (χ4n) is 1.28. The molecule has 0 aromatic heterocycles. The number of hydrogen-bond donors (Lipinski definition) is 0. The Balaban J connectivity index is 3.93. The molecule has 3 nitrogen and oxygen atoms in total. The molecule has 2 atom stereocenters. The van der Waals surface area contributed by atoms with Crippen molar-refractivity contribution in [3.05, 3.63) is 0 Å². The van der Waals surface area contributed by atoms with Crippen molar-refractivity contribution in [1.82, 2.24) is 0 Å². The van der Waals surface area contributed by atoms with E-state index in [0.29, 0.717) is 11.8 Å². The topological polar surface area (TPSA) is 35.5 Å². The quantitative estimate of drug-likeness (QED) is 0.495. The van der Waals surface area contributed by atoms with Crippen LogP contribution in [-0.4, -0.2) is 30.1 Å². The van der Waals surface area contributed by atoms with Crippen LogP contribution in [0.25, 0.3) is 0 Å². The summed E-state index contributed by atoms with van der Waals surface area (Å²) < 4.78 is 10.1. The predicted molar refractivity (Wildman–Crippen MR) is 66.4 cm³/mol. The van der Waals surface area contributed by atoms with Gasteiger partial charge in [0.05, 0.1) is 11.8 Å². The molecular weight excluding hydrogens is 251 g/mol. The summed E-state index contributed by atoms with van der Waals surface area (Å²) in [4.78, 5) is 11.4. The number of rotatable bonds is 8. The molecule has 0 saturated carbocycles. The maximum Gasteiger partial charge on any atom is 0.508 e. The van der Waals surface area contributed by atoms with Gasteiger partial charge in [-0.3, -0.25) is 0 Å². The molecule has 0 N–H and O–H groups in total. The van der Waals surface area contributed by atoms with Crippen LogP contribution in [0.5, 0.6) is 0 Å². The first-order valence-corrected chi connectivity index (χ1v) is 6.73. The van der Waals surface area contributed by atoms with E-state index in [1.165, 1.54) is 0 Å². The third-order valence-corrected chi connectivity index (χ3v) is 2.78. The molecule has 0 aromatic carbocycles. The maximum atomic E-state index is 11.4. The Bertz CT molecular complexity index is 170. The number of halogens is 2. The molecular formula is C11H20Cl2O3. The summed E-state index contributed by atoms with van der Waals surface area (Å²) in [6.45, 7) is 4.01. The van der Waals surface area contributed by atoms with Crippen molar-refractivity contribution in [2.24, 2.45) is 0 Å². The van der Waals surface area contributed by atoms with Gasteiger partial charge in [-0.25, -0.2) is 4.79 Å². The van der Waals surface area contributed by atoms with Gasteiger partial charge in [0, 0.05) is 0 Å². The lowest BCUT2D eigenvalue weighted by molar-refractivity contribution is 0.00518. The van der Waals surface area contributed by atoms with Gasteiger partial charge in [0.1, 0.15) is 12.2 Å². The molecule has 0 amide bonds. The summed E-state index contributed by atoms with van der Waals surface area (Å²) in [5.41, 5.74) is 0. The summed E-state index contributed by atoms with van der Waals surface area (Å²) >= 11 is 11.3. The molecule has 96 valence electrons. The first kappa shape index (κ1) is 15.9. The van der Waals surface area contributed by atoms with E-state index in [9.17, 15) is 4.79 Å². The Labute approximate surface area is 107 Å². The van der Waals surface area contributed by atoms with Crippen LogP contribution in [-0.2, 0) is 9.47 Å². The van der Waals surface area contributed by atoms with Crippen molar-refractivity contribution in [2.75, 3.05) is 11.8 Å². The highest BCUT2D eigenvalue weighted by Crippen LogP contribution is 2.10. The largest absolute Gasteiger partial charge is 0.508 e. The number of alkyl halides is 2. The lowest BCUT2D eigenvalue weighted by Gasteiger charge is -2.18. The van der Waals surface area contributed by atoms with Crippen LogP contribution in [0.1, 0.15) is 39.5 Å². The third kappa shape index (κ3) is 7.18. The Kier molecular flexibility index (Phi) is 9.94. The zero-order chi connectivity index (χ0) is 12.4. The average molecular weight is 271 g/mol. The van der Waals surface area contributed by atoms with Gasteiger partial charge in [0.25, 0.3) is 0 Å². The van der Waals surface area contributed by atoms with Crippen LogP contribution >= 0.6 is 23.2 Å². The van der Waals surface area contributed by atoms with Crippen molar-refractivity contribution >= 4 is 29.4 Å². The molecule has 0 aliphatic rings. The van der Waals surface area contributed by atoms with Crippen molar-refractivity contribution < 1.29 is 14.3 Å². The molecule has 0 aliphatic heterocycles. The minimum atomic E-state index is -0.668. The molecule has 0 aromatic rings. The van der Waals surface area contributed by atoms with Crippen molar-refractivity contribution in [2.45, 2.75) is 51.7 Å². The van der Waals surface area contributed by atoms with Gasteiger partial charge in [0.2, 0.25) is 0 Å². The molecule has 0 saturated heterocycles. The number of carbonyl (C=O) groups is 1. The van der Waals surface area contributed by atoms with E-state index in [4.69, 9.17) is 32.7 Å². The van der Waals surface area contributed by atoms with E-state index >= 15 is 0 Å². The fourth-order valence-corrected chi connectivity index (χ4v) is 1.71. The summed E-state index contributed by atoms with van der Waals surface area (Å²) in [5.74, 6) is 0.588. The van der Waals surface area contributed by atoms with Crippen molar-refractivity contribution in [1.29, 1.82) is 0 Å². The summed E-state index contributed by atoms with van der Waals surface area (Å²) in [6.07, 6.45) is 2.12. The van der Waals surface area contributed by atoms with Gasteiger partial charge in [-0.05, 0) is 12.8 Å². The Morgan fingerprint density at radius 2 is 1.38 bits per heavy atom. The first-order valence-electron chi connectivity index (χ1n) is 5.67. The van der Waals surface area contributed by atoms with Gasteiger partial charge >= 0.3 is 6.16 Å². The third-order valence-electron chi connectivity index (χ3n) is 2.09. The van der Waals surface area contributed by atoms with Crippen LogP contribution < -0.4 is 0 Å². The average Bonchev–Trinajstić information content (AvgIpc) is 2.27. The monoisotopic (exact) mass is 270 g/mol. The van der Waals surface area contributed by atoms with E-state index in [1.807, 2.05) is 13.8 Å². The molecule has 0 bridgehead atoms. The Morgan fingerprint density at radius 1 is 1.00 bits per heavy atom.